The molecular weight excluding hydrogens is 1000 g/mol. The normalized spacial score (nSPS) is 29.8. The second-order valence-electron chi connectivity index (χ2n) is 22.1. The molecule has 0 spiro atoms. The van der Waals surface area contributed by atoms with E-state index in [9.17, 15) is 29.4 Å². The van der Waals surface area contributed by atoms with Gasteiger partial charge in [0.15, 0.2) is 11.7 Å². The van der Waals surface area contributed by atoms with Crippen molar-refractivity contribution >= 4 is 44.1 Å². The number of rotatable bonds is 16. The van der Waals surface area contributed by atoms with Gasteiger partial charge < -0.3 is 48.1 Å². The number of esters is 4. The van der Waals surface area contributed by atoms with Gasteiger partial charge in [0.2, 0.25) is 0 Å². The van der Waals surface area contributed by atoms with Gasteiger partial charge in [-0.05, 0) is 72.5 Å². The maximum absolute atomic E-state index is 15.8. The van der Waals surface area contributed by atoms with E-state index in [2.05, 4.69) is 5.32 Å². The first-order valence-corrected chi connectivity index (χ1v) is 28.8. The fourth-order valence-electron chi connectivity index (χ4n) is 13.1. The number of fused-ring (bicyclic) bond motifs is 5. The Morgan fingerprint density at radius 1 is 0.818 bits per heavy atom. The number of aliphatic hydroxyl groups is 2. The topological polar surface area (TPSA) is 220 Å². The van der Waals surface area contributed by atoms with Crippen LogP contribution in [0, 0.1) is 22.7 Å². The molecule has 2 aliphatic heterocycles. The third-order valence-electron chi connectivity index (χ3n) is 17.2. The highest BCUT2D eigenvalue weighted by molar-refractivity contribution is 6.68. The lowest BCUT2D eigenvalue weighted by Gasteiger charge is -2.67. The highest BCUT2D eigenvalue weighted by Crippen LogP contribution is 2.65. The molecule has 2 heterocycles. The van der Waals surface area contributed by atoms with E-state index in [1.54, 1.807) is 126 Å². The lowest BCUT2D eigenvalue weighted by molar-refractivity contribution is -0.345. The lowest BCUT2D eigenvalue weighted by atomic mass is 9.43. The number of Topliss-reactive ketones (excluding diaryl/α,β-unsaturated/α-hetero) is 1. The lowest BCUT2D eigenvalue weighted by Crippen LogP contribution is -2.81. The minimum atomic E-state index is -3.60. The molecule has 0 radical (unpaired) electrons. The predicted molar refractivity (Wildman–Crippen MR) is 282 cm³/mol. The summed E-state index contributed by atoms with van der Waals surface area (Å²) in [6, 6.07) is 34.2. The SMILES string of the molecule is CC(=O)O[C@@]12CO[C@@H]1C[C@H](O)[C@@]1(C)C(=O)[C@H](C)C3=C(C)[C@@H](OC(=O)[C@H](O[Si]4(OCC(=O)OCc5ccccc5)CCCCC4)[C@H](NC(=O)c4ccccc4)c4ccccc4)C[C@@](O)([C@@H](OC(=O)c4ccccc4)C12)C3(C)C. The first-order valence-electron chi connectivity index (χ1n) is 26.6. The maximum Gasteiger partial charge on any atom is 0.339 e. The summed E-state index contributed by atoms with van der Waals surface area (Å²) < 4.78 is 44.9. The Bertz CT molecular complexity index is 2860. The van der Waals surface area contributed by atoms with E-state index in [-0.39, 0.29) is 25.2 Å². The Balaban J connectivity index is 1.15. The first kappa shape index (κ1) is 55.4. The second kappa shape index (κ2) is 22.2. The van der Waals surface area contributed by atoms with Gasteiger partial charge in [0, 0.05) is 36.7 Å². The summed E-state index contributed by atoms with van der Waals surface area (Å²) in [7, 11) is -3.60. The molecule has 2 saturated heterocycles. The van der Waals surface area contributed by atoms with Crippen LogP contribution in [0.15, 0.2) is 132 Å². The average Bonchev–Trinajstić information content (AvgIpc) is 3.61. The fraction of sp³-hybridized carbons (Fsp3) is 0.467. The van der Waals surface area contributed by atoms with Crippen molar-refractivity contribution in [3.63, 3.8) is 0 Å². The van der Waals surface area contributed by atoms with Crippen LogP contribution >= 0.6 is 0 Å². The molecule has 9 rings (SSSR count). The monoisotopic (exact) mass is 1070 g/mol. The third-order valence-corrected chi connectivity index (χ3v) is 20.7. The van der Waals surface area contributed by atoms with E-state index >= 15 is 9.59 Å². The summed E-state index contributed by atoms with van der Waals surface area (Å²) in [4.78, 5) is 87.1. The number of ketones is 1. The van der Waals surface area contributed by atoms with Crippen LogP contribution in [0.25, 0.3) is 0 Å². The van der Waals surface area contributed by atoms with E-state index in [4.69, 9.17) is 32.5 Å². The molecular formula is C60H69NO15Si. The minimum Gasteiger partial charge on any atom is -0.459 e. The molecule has 5 aliphatic rings. The first-order chi connectivity index (χ1) is 36.7. The van der Waals surface area contributed by atoms with Gasteiger partial charge >= 0.3 is 32.4 Å². The number of hydrogen-bond acceptors (Lipinski definition) is 15. The summed E-state index contributed by atoms with van der Waals surface area (Å²) in [5.74, 6) is -6.61. The molecule has 17 heteroatoms. The zero-order chi connectivity index (χ0) is 54.9. The molecule has 1 amide bonds. The minimum absolute atomic E-state index is 0.0184. The molecule has 2 bridgehead atoms. The molecule has 77 heavy (non-hydrogen) atoms. The number of benzene rings is 4. The van der Waals surface area contributed by atoms with Gasteiger partial charge in [0.1, 0.15) is 42.9 Å². The van der Waals surface area contributed by atoms with Gasteiger partial charge in [-0.2, -0.15) is 0 Å². The molecule has 0 aromatic heterocycles. The number of carbonyl (C=O) groups excluding carboxylic acids is 6. The van der Waals surface area contributed by atoms with E-state index in [0.717, 1.165) is 12.0 Å². The van der Waals surface area contributed by atoms with Gasteiger partial charge in [-0.15, -0.1) is 0 Å². The molecule has 11 atom stereocenters. The number of amides is 1. The van der Waals surface area contributed by atoms with Crippen molar-refractivity contribution in [3.8, 4) is 0 Å². The van der Waals surface area contributed by atoms with Crippen LogP contribution < -0.4 is 5.32 Å². The van der Waals surface area contributed by atoms with Crippen LogP contribution in [0.4, 0.5) is 0 Å². The van der Waals surface area contributed by atoms with Crippen LogP contribution in [0.1, 0.15) is 112 Å². The standard InChI is InChI=1S/C60H69NO15Si/c1-37-44(33-60(69)53(74-55(67)43-28-18-10-19-29-43)51-58(6,52(65)38(2)48(37)57(60,4)5)45(63)32-46-59(51,36-71-46)75-39(3)62)73-56(68)50(49(41-24-14-8-15-25-41)61-54(66)42-26-16-9-17-27-42)76-77(30-20-11-21-31-77)72-35-47(64)70-34-40-22-12-7-13-23-40/h7-10,12-19,22-29,38,44-46,49-51,53,63,69H,11,20-21,30-36H2,1-6H3,(H,61,66)/t38-,44+,45+,46-,49-,50-,51?,53+,58-,59+,60-/m1/s1. The van der Waals surface area contributed by atoms with Gasteiger partial charge in [-0.25, -0.2) is 14.4 Å². The van der Waals surface area contributed by atoms with Crippen LogP contribution in [-0.4, -0.2) is 109 Å². The number of hydrogen-bond donors (Lipinski definition) is 3. The van der Waals surface area contributed by atoms with Crippen molar-refractivity contribution in [2.45, 2.75) is 140 Å². The van der Waals surface area contributed by atoms with E-state index in [0.29, 0.717) is 47.2 Å². The Labute approximate surface area is 450 Å². The zero-order valence-corrected chi connectivity index (χ0v) is 45.4. The van der Waals surface area contributed by atoms with Crippen LogP contribution in [0.2, 0.25) is 12.1 Å². The Hall–Kier alpha value is -6.34. The molecule has 3 N–H and O–H groups in total. The van der Waals surface area contributed by atoms with Crippen LogP contribution in [0.3, 0.4) is 0 Å². The van der Waals surface area contributed by atoms with E-state index in [1.807, 2.05) is 30.3 Å². The van der Waals surface area contributed by atoms with Crippen molar-refractivity contribution in [2.24, 2.45) is 22.7 Å². The van der Waals surface area contributed by atoms with Gasteiger partial charge in [-0.3, -0.25) is 14.4 Å². The number of aliphatic hydroxyl groups excluding tert-OH is 1. The second-order valence-corrected chi connectivity index (χ2v) is 25.4. The number of carbonyl (C=O) groups is 6. The number of nitrogens with one attached hydrogen (secondary N) is 1. The number of ether oxygens (including phenoxy) is 5. The maximum atomic E-state index is 15.8. The van der Waals surface area contributed by atoms with Crippen molar-refractivity contribution in [3.05, 3.63) is 155 Å². The van der Waals surface area contributed by atoms with E-state index < -0.39 is 128 Å². The van der Waals surface area contributed by atoms with Crippen LogP contribution in [0.5, 0.6) is 0 Å². The molecule has 3 aliphatic carbocycles. The van der Waals surface area contributed by atoms with Crippen molar-refractivity contribution in [2.75, 3.05) is 13.2 Å². The highest BCUT2D eigenvalue weighted by atomic mass is 28.4. The largest absolute Gasteiger partial charge is 0.459 e. The summed E-state index contributed by atoms with van der Waals surface area (Å²) in [5, 5.41) is 29.4. The smallest absolute Gasteiger partial charge is 0.339 e. The van der Waals surface area contributed by atoms with Crippen molar-refractivity contribution in [1.82, 2.24) is 5.32 Å². The predicted octanol–water partition coefficient (Wildman–Crippen LogP) is 7.85. The summed E-state index contributed by atoms with van der Waals surface area (Å²) >= 11 is 0. The molecule has 408 valence electrons. The fourth-order valence-corrected chi connectivity index (χ4v) is 16.6. The highest BCUT2D eigenvalue weighted by Gasteiger charge is 2.77. The van der Waals surface area contributed by atoms with Gasteiger partial charge in [0.25, 0.3) is 5.91 Å². The zero-order valence-electron chi connectivity index (χ0n) is 44.4. The van der Waals surface area contributed by atoms with Gasteiger partial charge in [0.05, 0.1) is 35.6 Å². The molecule has 4 aromatic carbocycles. The van der Waals surface area contributed by atoms with E-state index in [1.165, 1.54) is 6.92 Å². The van der Waals surface area contributed by atoms with Gasteiger partial charge in [-0.1, -0.05) is 137 Å². The molecule has 1 unspecified atom stereocenters. The van der Waals surface area contributed by atoms with Crippen molar-refractivity contribution in [1.29, 1.82) is 0 Å². The summed E-state index contributed by atoms with van der Waals surface area (Å²) in [6.45, 7) is 9.00. The Morgan fingerprint density at radius 2 is 1.42 bits per heavy atom. The quantitative estimate of drug-likeness (QED) is 0.0421. The Morgan fingerprint density at radius 3 is 2.01 bits per heavy atom. The third kappa shape index (κ3) is 10.5. The summed E-state index contributed by atoms with van der Waals surface area (Å²) in [6.07, 6.45) is -5.38. The molecule has 16 nitrogen and oxygen atoms in total. The van der Waals surface area contributed by atoms with Crippen LogP contribution in [-0.2, 0) is 58.3 Å². The molecule has 4 aromatic rings. The Kier molecular flexibility index (Phi) is 16.0. The summed E-state index contributed by atoms with van der Waals surface area (Å²) in [5.41, 5.74) is -4.63. The van der Waals surface area contributed by atoms with Crippen molar-refractivity contribution < 1.29 is 71.5 Å². The molecule has 2 saturated carbocycles. The average molecular weight is 1070 g/mol. The molecule has 4 fully saturated rings.